The molecule has 0 atom stereocenters. The van der Waals surface area contributed by atoms with Gasteiger partial charge < -0.3 is 4.74 Å². The molecule has 2 aromatic rings. The van der Waals surface area contributed by atoms with Gasteiger partial charge in [0.05, 0.1) is 14.5 Å². The van der Waals surface area contributed by atoms with Crippen molar-refractivity contribution in [3.8, 4) is 5.75 Å². The van der Waals surface area contributed by atoms with Crippen molar-refractivity contribution in [2.24, 2.45) is 0 Å². The van der Waals surface area contributed by atoms with Crippen molar-refractivity contribution >= 4 is 65.4 Å². The van der Waals surface area contributed by atoms with Crippen molar-refractivity contribution in [2.75, 3.05) is 0 Å². The van der Waals surface area contributed by atoms with Crippen LogP contribution in [0.2, 0.25) is 0 Å². The molecule has 2 rings (SSSR count). The molecule has 0 unspecified atom stereocenters. The fourth-order valence-electron chi connectivity index (χ4n) is 1.61. The molecule has 6 heteroatoms. The van der Waals surface area contributed by atoms with E-state index >= 15 is 0 Å². The average molecular weight is 483 g/mol. The summed E-state index contributed by atoms with van der Waals surface area (Å²) >= 11 is 15.9. The van der Waals surface area contributed by atoms with Gasteiger partial charge in [0.15, 0.2) is 5.75 Å². The Bertz CT molecular complexity index is 636. The minimum atomic E-state index is -0.440. The van der Waals surface area contributed by atoms with Gasteiger partial charge in [-0.1, -0.05) is 34.1 Å². The molecular formula is C14H8Br3ClO2. The van der Waals surface area contributed by atoms with E-state index in [2.05, 4.69) is 47.8 Å². The van der Waals surface area contributed by atoms with Crippen LogP contribution in [0.4, 0.5) is 0 Å². The zero-order chi connectivity index (χ0) is 14.7. The fraction of sp³-hybridized carbons (Fsp3) is 0.0714. The summed E-state index contributed by atoms with van der Waals surface area (Å²) in [6, 6.07) is 10.7. The monoisotopic (exact) mass is 480 g/mol. The van der Waals surface area contributed by atoms with Gasteiger partial charge in [0.25, 0.3) is 0 Å². The first-order chi connectivity index (χ1) is 9.52. The third kappa shape index (κ3) is 3.64. The van der Waals surface area contributed by atoms with Gasteiger partial charge in [0.2, 0.25) is 0 Å². The first-order valence-electron chi connectivity index (χ1n) is 5.53. The van der Waals surface area contributed by atoms with Gasteiger partial charge in [-0.3, -0.25) is 0 Å². The summed E-state index contributed by atoms with van der Waals surface area (Å²) in [6.45, 7) is 0. The average Bonchev–Trinajstić information content (AvgIpc) is 2.42. The van der Waals surface area contributed by atoms with Crippen LogP contribution in [0.5, 0.6) is 5.75 Å². The Labute approximate surface area is 146 Å². The Hall–Kier alpha value is -0.360. The van der Waals surface area contributed by atoms with Crippen molar-refractivity contribution in [1.82, 2.24) is 0 Å². The topological polar surface area (TPSA) is 26.3 Å². The molecule has 0 aliphatic carbocycles. The van der Waals surface area contributed by atoms with Crippen LogP contribution < -0.4 is 4.74 Å². The lowest BCUT2D eigenvalue weighted by Gasteiger charge is -2.11. The van der Waals surface area contributed by atoms with Gasteiger partial charge in [-0.2, -0.15) is 0 Å². The number of halogens is 4. The molecule has 0 radical (unpaired) electrons. The summed E-state index contributed by atoms with van der Waals surface area (Å²) in [5.41, 5.74) is 1.20. The van der Waals surface area contributed by atoms with Crippen LogP contribution in [0.25, 0.3) is 0 Å². The van der Waals surface area contributed by atoms with E-state index in [4.69, 9.17) is 16.3 Å². The lowest BCUT2D eigenvalue weighted by atomic mass is 10.1. The Morgan fingerprint density at radius 3 is 2.30 bits per heavy atom. The van der Waals surface area contributed by atoms with Crippen LogP contribution in [-0.4, -0.2) is 5.97 Å². The molecule has 0 bridgehead atoms. The molecule has 2 nitrogen and oxygen atoms in total. The number of alkyl halides is 1. The third-order valence-electron chi connectivity index (χ3n) is 2.54. The molecule has 0 N–H and O–H groups in total. The SMILES string of the molecule is O=C(Oc1c(Br)cc(Br)cc1Br)c1ccccc1CCl. The van der Waals surface area contributed by atoms with E-state index in [1.165, 1.54) is 0 Å². The highest BCUT2D eigenvalue weighted by Crippen LogP contribution is 2.37. The van der Waals surface area contributed by atoms with Gasteiger partial charge in [0, 0.05) is 10.4 Å². The lowest BCUT2D eigenvalue weighted by molar-refractivity contribution is 0.0731. The second-order valence-electron chi connectivity index (χ2n) is 3.88. The Morgan fingerprint density at radius 2 is 1.70 bits per heavy atom. The van der Waals surface area contributed by atoms with Crippen molar-refractivity contribution < 1.29 is 9.53 Å². The summed E-state index contributed by atoms with van der Waals surface area (Å²) < 4.78 is 7.67. The maximum atomic E-state index is 12.2. The molecule has 0 spiro atoms. The van der Waals surface area contributed by atoms with Crippen LogP contribution in [0, 0.1) is 0 Å². The van der Waals surface area contributed by atoms with E-state index in [1.807, 2.05) is 6.07 Å². The number of carbonyl (C=O) groups is 1. The summed E-state index contributed by atoms with van der Waals surface area (Å²) in [7, 11) is 0. The van der Waals surface area contributed by atoms with E-state index in [1.54, 1.807) is 30.3 Å². The number of rotatable bonds is 3. The smallest absolute Gasteiger partial charge is 0.343 e. The highest BCUT2D eigenvalue weighted by Gasteiger charge is 2.16. The maximum absolute atomic E-state index is 12.2. The predicted molar refractivity (Wildman–Crippen MR) is 90.5 cm³/mol. The van der Waals surface area contributed by atoms with Crippen LogP contribution >= 0.6 is 59.4 Å². The second kappa shape index (κ2) is 7.07. The fourth-order valence-corrected chi connectivity index (χ4v) is 4.26. The van der Waals surface area contributed by atoms with E-state index in [-0.39, 0.29) is 5.88 Å². The van der Waals surface area contributed by atoms with Crippen molar-refractivity contribution in [2.45, 2.75) is 5.88 Å². The molecule has 0 amide bonds. The molecule has 104 valence electrons. The largest absolute Gasteiger partial charge is 0.420 e. The van der Waals surface area contributed by atoms with E-state index in [0.717, 1.165) is 10.0 Å². The number of benzene rings is 2. The molecule has 0 aromatic heterocycles. The lowest BCUT2D eigenvalue weighted by Crippen LogP contribution is -2.11. The normalized spacial score (nSPS) is 10.4. The number of carbonyl (C=O) groups excluding carboxylic acids is 1. The number of hydrogen-bond acceptors (Lipinski definition) is 2. The minimum Gasteiger partial charge on any atom is -0.420 e. The van der Waals surface area contributed by atoms with E-state index in [0.29, 0.717) is 20.3 Å². The molecule has 0 aliphatic rings. The molecule has 0 saturated heterocycles. The highest BCUT2D eigenvalue weighted by molar-refractivity contribution is 9.11. The third-order valence-corrected chi connectivity index (χ3v) is 4.46. The van der Waals surface area contributed by atoms with E-state index in [9.17, 15) is 4.79 Å². The molecule has 2 aromatic carbocycles. The van der Waals surface area contributed by atoms with Crippen LogP contribution in [0.3, 0.4) is 0 Å². The van der Waals surface area contributed by atoms with Crippen molar-refractivity contribution in [1.29, 1.82) is 0 Å². The minimum absolute atomic E-state index is 0.258. The molecule has 0 saturated carbocycles. The predicted octanol–water partition coefficient (Wildman–Crippen LogP) is 5.93. The number of ether oxygens (including phenoxy) is 1. The molecule has 0 fully saturated rings. The maximum Gasteiger partial charge on any atom is 0.343 e. The van der Waals surface area contributed by atoms with Gasteiger partial charge in [-0.25, -0.2) is 4.79 Å². The van der Waals surface area contributed by atoms with Gasteiger partial charge >= 0.3 is 5.97 Å². The Balaban J connectivity index is 2.33. The Morgan fingerprint density at radius 1 is 1.10 bits per heavy atom. The Kier molecular flexibility index (Phi) is 5.66. The zero-order valence-electron chi connectivity index (χ0n) is 10.00. The first kappa shape index (κ1) is 16.0. The van der Waals surface area contributed by atoms with Gasteiger partial charge in [-0.15, -0.1) is 11.6 Å². The van der Waals surface area contributed by atoms with Crippen LogP contribution in [0.15, 0.2) is 49.8 Å². The summed E-state index contributed by atoms with van der Waals surface area (Å²) in [6.07, 6.45) is 0. The highest BCUT2D eigenvalue weighted by atomic mass is 79.9. The van der Waals surface area contributed by atoms with Crippen molar-refractivity contribution in [3.63, 3.8) is 0 Å². The number of hydrogen-bond donors (Lipinski definition) is 0. The van der Waals surface area contributed by atoms with Crippen LogP contribution in [-0.2, 0) is 5.88 Å². The molecule has 20 heavy (non-hydrogen) atoms. The van der Waals surface area contributed by atoms with Gasteiger partial charge in [-0.05, 0) is 55.6 Å². The standard InChI is InChI=1S/C14H8Br3ClO2/c15-9-5-11(16)13(12(17)6-9)20-14(19)10-4-2-1-3-8(10)7-18/h1-6H,7H2. The van der Waals surface area contributed by atoms with Gasteiger partial charge in [0.1, 0.15) is 0 Å². The van der Waals surface area contributed by atoms with E-state index < -0.39 is 5.97 Å². The molecule has 0 aliphatic heterocycles. The summed E-state index contributed by atoms with van der Waals surface area (Å²) in [5, 5.41) is 0. The number of esters is 1. The zero-order valence-corrected chi connectivity index (χ0v) is 15.5. The summed E-state index contributed by atoms with van der Waals surface area (Å²) in [4.78, 5) is 12.2. The second-order valence-corrected chi connectivity index (χ2v) is 6.77. The molecular weight excluding hydrogens is 475 g/mol. The summed E-state index contributed by atoms with van der Waals surface area (Å²) in [5.74, 6) is 0.251. The first-order valence-corrected chi connectivity index (χ1v) is 8.45. The molecule has 0 heterocycles. The quantitative estimate of drug-likeness (QED) is 0.307. The van der Waals surface area contributed by atoms with Crippen LogP contribution in [0.1, 0.15) is 15.9 Å². The van der Waals surface area contributed by atoms with Crippen molar-refractivity contribution in [3.05, 3.63) is 60.9 Å².